The Morgan fingerprint density at radius 3 is 2.75 bits per heavy atom. The van der Waals surface area contributed by atoms with Gasteiger partial charge in [0.05, 0.1) is 12.0 Å². The Kier molecular flexibility index (Phi) is 1.16. The average molecular weight is 109 g/mol. The SMILES string of the molecule is CC(=N)c1ccco1. The van der Waals surface area contributed by atoms with E-state index in [1.807, 2.05) is 0 Å². The van der Waals surface area contributed by atoms with Crippen molar-refractivity contribution in [3.8, 4) is 0 Å². The first kappa shape index (κ1) is 5.09. The van der Waals surface area contributed by atoms with Gasteiger partial charge in [0.25, 0.3) is 0 Å². The first-order valence-electron chi connectivity index (χ1n) is 2.40. The lowest BCUT2D eigenvalue weighted by atomic mass is 10.3. The van der Waals surface area contributed by atoms with Crippen LogP contribution in [0.2, 0.25) is 0 Å². The van der Waals surface area contributed by atoms with E-state index in [-0.39, 0.29) is 0 Å². The molecule has 0 aliphatic carbocycles. The smallest absolute Gasteiger partial charge is 0.147 e. The molecule has 0 saturated carbocycles. The summed E-state index contributed by atoms with van der Waals surface area (Å²) in [4.78, 5) is 0. The quantitative estimate of drug-likeness (QED) is 0.547. The van der Waals surface area contributed by atoms with Gasteiger partial charge in [-0.2, -0.15) is 0 Å². The molecule has 0 bridgehead atoms. The molecule has 1 heterocycles. The van der Waals surface area contributed by atoms with Crippen molar-refractivity contribution in [2.24, 2.45) is 0 Å². The molecular formula is C6H7NO. The van der Waals surface area contributed by atoms with Crippen LogP contribution in [-0.2, 0) is 0 Å². The molecular weight excluding hydrogens is 102 g/mol. The lowest BCUT2D eigenvalue weighted by Gasteiger charge is -1.84. The van der Waals surface area contributed by atoms with Gasteiger partial charge in [-0.05, 0) is 19.1 Å². The first-order chi connectivity index (χ1) is 3.80. The summed E-state index contributed by atoms with van der Waals surface area (Å²) in [6.07, 6.45) is 1.56. The van der Waals surface area contributed by atoms with E-state index < -0.39 is 0 Å². The van der Waals surface area contributed by atoms with Gasteiger partial charge >= 0.3 is 0 Å². The second-order valence-corrected chi connectivity index (χ2v) is 1.60. The molecule has 8 heavy (non-hydrogen) atoms. The van der Waals surface area contributed by atoms with E-state index in [4.69, 9.17) is 9.83 Å². The monoisotopic (exact) mass is 109 g/mol. The Hall–Kier alpha value is -1.05. The summed E-state index contributed by atoms with van der Waals surface area (Å²) in [6.45, 7) is 1.69. The van der Waals surface area contributed by atoms with Crippen molar-refractivity contribution in [3.63, 3.8) is 0 Å². The van der Waals surface area contributed by atoms with Crippen molar-refractivity contribution in [1.29, 1.82) is 5.41 Å². The van der Waals surface area contributed by atoms with Gasteiger partial charge in [-0.1, -0.05) is 0 Å². The topological polar surface area (TPSA) is 37.0 Å². The van der Waals surface area contributed by atoms with Gasteiger partial charge in [0.2, 0.25) is 0 Å². The number of nitrogens with one attached hydrogen (secondary N) is 1. The summed E-state index contributed by atoms with van der Waals surface area (Å²) in [5.74, 6) is 0.644. The van der Waals surface area contributed by atoms with Crippen molar-refractivity contribution in [2.75, 3.05) is 0 Å². The summed E-state index contributed by atoms with van der Waals surface area (Å²) in [5, 5.41) is 7.06. The van der Waals surface area contributed by atoms with Gasteiger partial charge in [0.15, 0.2) is 0 Å². The summed E-state index contributed by atoms with van der Waals surface area (Å²) in [7, 11) is 0. The summed E-state index contributed by atoms with van der Waals surface area (Å²) in [6, 6.07) is 3.54. The molecule has 0 amide bonds. The van der Waals surface area contributed by atoms with E-state index in [0.717, 1.165) is 0 Å². The minimum absolute atomic E-state index is 0.468. The Balaban J connectivity index is 2.93. The van der Waals surface area contributed by atoms with Gasteiger partial charge < -0.3 is 9.83 Å². The van der Waals surface area contributed by atoms with Crippen LogP contribution in [0.25, 0.3) is 0 Å². The number of rotatable bonds is 1. The molecule has 1 N–H and O–H groups in total. The van der Waals surface area contributed by atoms with Gasteiger partial charge in [-0.15, -0.1) is 0 Å². The highest BCUT2D eigenvalue weighted by Crippen LogP contribution is 1.98. The molecule has 1 aromatic heterocycles. The molecule has 1 rings (SSSR count). The Labute approximate surface area is 47.6 Å². The molecule has 2 heteroatoms. The third-order valence-electron chi connectivity index (χ3n) is 0.891. The third kappa shape index (κ3) is 0.780. The second-order valence-electron chi connectivity index (χ2n) is 1.60. The Morgan fingerprint density at radius 2 is 2.50 bits per heavy atom. The minimum Gasteiger partial charge on any atom is -0.463 e. The summed E-state index contributed by atoms with van der Waals surface area (Å²) in [5.41, 5.74) is 0.468. The molecule has 0 fully saturated rings. The molecule has 0 saturated heterocycles. The van der Waals surface area contributed by atoms with Gasteiger partial charge in [0.1, 0.15) is 5.76 Å². The maximum atomic E-state index is 7.06. The standard InChI is InChI=1S/C6H7NO/c1-5(7)6-3-2-4-8-6/h2-4,7H,1H3. The van der Waals surface area contributed by atoms with E-state index in [1.165, 1.54) is 0 Å². The highest BCUT2D eigenvalue weighted by molar-refractivity contribution is 5.93. The third-order valence-corrected chi connectivity index (χ3v) is 0.891. The van der Waals surface area contributed by atoms with Crippen LogP contribution in [0.1, 0.15) is 12.7 Å². The van der Waals surface area contributed by atoms with Crippen molar-refractivity contribution >= 4 is 5.71 Å². The molecule has 0 spiro atoms. The average Bonchev–Trinajstić information content (AvgIpc) is 2.12. The van der Waals surface area contributed by atoms with Crippen molar-refractivity contribution in [3.05, 3.63) is 24.2 Å². The van der Waals surface area contributed by atoms with Crippen LogP contribution in [-0.4, -0.2) is 5.71 Å². The van der Waals surface area contributed by atoms with E-state index in [0.29, 0.717) is 11.5 Å². The molecule has 0 unspecified atom stereocenters. The molecule has 42 valence electrons. The van der Waals surface area contributed by atoms with Crippen molar-refractivity contribution in [2.45, 2.75) is 6.92 Å². The van der Waals surface area contributed by atoms with E-state index in [9.17, 15) is 0 Å². The maximum Gasteiger partial charge on any atom is 0.147 e. The zero-order valence-corrected chi connectivity index (χ0v) is 4.64. The van der Waals surface area contributed by atoms with Crippen LogP contribution in [0.4, 0.5) is 0 Å². The normalized spacial score (nSPS) is 9.12. The summed E-state index contributed by atoms with van der Waals surface area (Å²) < 4.78 is 4.87. The fourth-order valence-electron chi connectivity index (χ4n) is 0.492. The molecule has 0 atom stereocenters. The lowest BCUT2D eigenvalue weighted by molar-refractivity contribution is 0.556. The van der Waals surface area contributed by atoms with Crippen LogP contribution in [0.5, 0.6) is 0 Å². The molecule has 0 aliphatic heterocycles. The second kappa shape index (κ2) is 1.82. The van der Waals surface area contributed by atoms with Crippen LogP contribution in [0.15, 0.2) is 22.8 Å². The van der Waals surface area contributed by atoms with E-state index >= 15 is 0 Å². The number of furan rings is 1. The molecule has 0 aliphatic rings. The first-order valence-corrected chi connectivity index (χ1v) is 2.40. The predicted octanol–water partition coefficient (Wildman–Crippen LogP) is 1.67. The highest BCUT2D eigenvalue weighted by atomic mass is 16.3. The number of hydrogen-bond donors (Lipinski definition) is 1. The predicted molar refractivity (Wildman–Crippen MR) is 31.2 cm³/mol. The fraction of sp³-hybridized carbons (Fsp3) is 0.167. The lowest BCUT2D eigenvalue weighted by Crippen LogP contribution is -1.85. The number of hydrogen-bond acceptors (Lipinski definition) is 2. The van der Waals surface area contributed by atoms with E-state index in [1.54, 1.807) is 25.3 Å². The largest absolute Gasteiger partial charge is 0.463 e. The zero-order chi connectivity index (χ0) is 5.98. The zero-order valence-electron chi connectivity index (χ0n) is 4.64. The molecule has 1 aromatic rings. The van der Waals surface area contributed by atoms with Crippen LogP contribution in [0.3, 0.4) is 0 Å². The van der Waals surface area contributed by atoms with Gasteiger partial charge in [-0.3, -0.25) is 0 Å². The fourth-order valence-corrected chi connectivity index (χ4v) is 0.492. The van der Waals surface area contributed by atoms with Gasteiger partial charge in [0, 0.05) is 0 Å². The highest BCUT2D eigenvalue weighted by Gasteiger charge is 1.93. The Morgan fingerprint density at radius 1 is 1.75 bits per heavy atom. The van der Waals surface area contributed by atoms with Crippen LogP contribution < -0.4 is 0 Å². The summed E-state index contributed by atoms with van der Waals surface area (Å²) >= 11 is 0. The Bertz CT molecular complexity index is 176. The molecule has 0 radical (unpaired) electrons. The van der Waals surface area contributed by atoms with E-state index in [2.05, 4.69) is 0 Å². The molecule has 2 nitrogen and oxygen atoms in total. The van der Waals surface area contributed by atoms with Crippen molar-refractivity contribution in [1.82, 2.24) is 0 Å². The van der Waals surface area contributed by atoms with Gasteiger partial charge in [-0.25, -0.2) is 0 Å². The van der Waals surface area contributed by atoms with Crippen LogP contribution in [0, 0.1) is 5.41 Å². The van der Waals surface area contributed by atoms with Crippen molar-refractivity contribution < 1.29 is 4.42 Å². The maximum absolute atomic E-state index is 7.06. The minimum atomic E-state index is 0.468. The van der Waals surface area contributed by atoms with Crippen LogP contribution >= 0.6 is 0 Å². The molecule has 0 aromatic carbocycles.